The molecule has 0 heterocycles. The van der Waals surface area contributed by atoms with Gasteiger partial charge in [-0.15, -0.1) is 0 Å². The normalized spacial score (nSPS) is 30.4. The number of allylic oxidation sites excluding steroid dienone is 4. The van der Waals surface area contributed by atoms with Crippen LogP contribution in [-0.2, 0) is 0 Å². The van der Waals surface area contributed by atoms with Crippen molar-refractivity contribution in [1.82, 2.24) is 0 Å². The molecule has 74 valence electrons. The minimum absolute atomic E-state index is 0.793. The van der Waals surface area contributed by atoms with Gasteiger partial charge in [-0.05, 0) is 56.1 Å². The molecule has 0 saturated heterocycles. The summed E-state index contributed by atoms with van der Waals surface area (Å²) in [5.74, 6) is 1.60. The zero-order valence-corrected chi connectivity index (χ0v) is 9.43. The molecule has 1 fully saturated rings. The molecule has 1 atom stereocenters. The summed E-state index contributed by atoms with van der Waals surface area (Å²) in [7, 11) is 0. The standard InChI is InChI=1S/C13H22/c1-5-11-8-7-9-13(10(3)4)12(11)6-2/h5-6,10,13H,7-9H2,1-4H3/b11-5-,12-6+. The highest BCUT2D eigenvalue weighted by Crippen LogP contribution is 2.37. The topological polar surface area (TPSA) is 0 Å². The van der Waals surface area contributed by atoms with E-state index in [4.69, 9.17) is 0 Å². The summed E-state index contributed by atoms with van der Waals surface area (Å²) >= 11 is 0. The van der Waals surface area contributed by atoms with E-state index in [0.29, 0.717) is 0 Å². The first-order valence-electron chi connectivity index (χ1n) is 5.52. The van der Waals surface area contributed by atoms with Crippen molar-refractivity contribution in [2.75, 3.05) is 0 Å². The Morgan fingerprint density at radius 1 is 1.23 bits per heavy atom. The molecule has 0 aromatic heterocycles. The third-order valence-electron chi connectivity index (χ3n) is 3.20. The van der Waals surface area contributed by atoms with Gasteiger partial charge in [0.25, 0.3) is 0 Å². The van der Waals surface area contributed by atoms with Gasteiger partial charge in [0.05, 0.1) is 0 Å². The quantitative estimate of drug-likeness (QED) is 0.560. The Hall–Kier alpha value is -0.520. The molecule has 0 heteroatoms. The Morgan fingerprint density at radius 3 is 2.38 bits per heavy atom. The van der Waals surface area contributed by atoms with Crippen LogP contribution in [0.25, 0.3) is 0 Å². The zero-order valence-electron chi connectivity index (χ0n) is 9.43. The van der Waals surface area contributed by atoms with Gasteiger partial charge in [0.1, 0.15) is 0 Å². The maximum absolute atomic E-state index is 2.34. The fraction of sp³-hybridized carbons (Fsp3) is 0.692. The molecular weight excluding hydrogens is 156 g/mol. The smallest absolute Gasteiger partial charge is 0.0139 e. The second-order valence-corrected chi connectivity index (χ2v) is 4.30. The minimum Gasteiger partial charge on any atom is -0.0842 e. The maximum Gasteiger partial charge on any atom is -0.0139 e. The molecule has 0 spiro atoms. The molecule has 0 aromatic carbocycles. The molecule has 1 rings (SSSR count). The molecule has 1 saturated carbocycles. The van der Waals surface area contributed by atoms with Crippen molar-refractivity contribution in [2.45, 2.75) is 47.0 Å². The molecule has 0 nitrogen and oxygen atoms in total. The lowest BCUT2D eigenvalue weighted by Crippen LogP contribution is -2.17. The van der Waals surface area contributed by atoms with Gasteiger partial charge in [-0.1, -0.05) is 26.0 Å². The Labute approximate surface area is 82.7 Å². The average molecular weight is 178 g/mol. The summed E-state index contributed by atoms with van der Waals surface area (Å²) in [6.45, 7) is 9.03. The highest BCUT2D eigenvalue weighted by molar-refractivity contribution is 5.34. The molecule has 13 heavy (non-hydrogen) atoms. The molecule has 0 N–H and O–H groups in total. The van der Waals surface area contributed by atoms with Crippen LogP contribution in [0.4, 0.5) is 0 Å². The predicted octanol–water partition coefficient (Wildman–Crippen LogP) is 4.34. The first kappa shape index (κ1) is 10.6. The van der Waals surface area contributed by atoms with Crippen molar-refractivity contribution in [3.8, 4) is 0 Å². The van der Waals surface area contributed by atoms with Crippen molar-refractivity contribution in [3.05, 3.63) is 23.3 Å². The van der Waals surface area contributed by atoms with Crippen LogP contribution in [0.3, 0.4) is 0 Å². The number of rotatable bonds is 1. The largest absolute Gasteiger partial charge is 0.0842 e. The van der Waals surface area contributed by atoms with E-state index < -0.39 is 0 Å². The average Bonchev–Trinajstić information content (AvgIpc) is 2.16. The number of hydrogen-bond donors (Lipinski definition) is 0. The van der Waals surface area contributed by atoms with Crippen LogP contribution >= 0.6 is 0 Å². The predicted molar refractivity (Wildman–Crippen MR) is 59.7 cm³/mol. The SMILES string of the molecule is C/C=C1/CCCC(C(C)C)/C1=C/C. The Kier molecular flexibility index (Phi) is 3.77. The molecule has 0 amide bonds. The van der Waals surface area contributed by atoms with E-state index in [-0.39, 0.29) is 0 Å². The first-order chi connectivity index (χ1) is 6.20. The van der Waals surface area contributed by atoms with Crippen molar-refractivity contribution in [1.29, 1.82) is 0 Å². The van der Waals surface area contributed by atoms with Gasteiger partial charge in [0.2, 0.25) is 0 Å². The van der Waals surface area contributed by atoms with E-state index in [1.807, 2.05) is 0 Å². The Balaban J connectivity index is 2.87. The van der Waals surface area contributed by atoms with Crippen LogP contribution in [0.5, 0.6) is 0 Å². The van der Waals surface area contributed by atoms with E-state index in [2.05, 4.69) is 39.8 Å². The maximum atomic E-state index is 2.34. The summed E-state index contributed by atoms with van der Waals surface area (Å²) in [6, 6.07) is 0. The van der Waals surface area contributed by atoms with Crippen molar-refractivity contribution < 1.29 is 0 Å². The van der Waals surface area contributed by atoms with E-state index >= 15 is 0 Å². The number of hydrogen-bond acceptors (Lipinski definition) is 0. The summed E-state index contributed by atoms with van der Waals surface area (Å²) in [5, 5.41) is 0. The summed E-state index contributed by atoms with van der Waals surface area (Å²) in [4.78, 5) is 0. The van der Waals surface area contributed by atoms with Crippen LogP contribution < -0.4 is 0 Å². The van der Waals surface area contributed by atoms with Gasteiger partial charge in [-0.25, -0.2) is 0 Å². The van der Waals surface area contributed by atoms with Crippen LogP contribution in [0.15, 0.2) is 23.3 Å². The fourth-order valence-corrected chi connectivity index (χ4v) is 2.45. The molecule has 0 aliphatic heterocycles. The van der Waals surface area contributed by atoms with Crippen molar-refractivity contribution in [3.63, 3.8) is 0 Å². The van der Waals surface area contributed by atoms with Gasteiger partial charge in [-0.3, -0.25) is 0 Å². The lowest BCUT2D eigenvalue weighted by Gasteiger charge is -2.30. The third-order valence-corrected chi connectivity index (χ3v) is 3.20. The fourth-order valence-electron chi connectivity index (χ4n) is 2.45. The summed E-state index contributed by atoms with van der Waals surface area (Å²) < 4.78 is 0. The second kappa shape index (κ2) is 4.64. The van der Waals surface area contributed by atoms with Gasteiger partial charge >= 0.3 is 0 Å². The van der Waals surface area contributed by atoms with E-state index in [1.165, 1.54) is 19.3 Å². The Bertz CT molecular complexity index is 218. The van der Waals surface area contributed by atoms with Gasteiger partial charge in [0.15, 0.2) is 0 Å². The lowest BCUT2D eigenvalue weighted by atomic mass is 9.75. The van der Waals surface area contributed by atoms with Crippen LogP contribution in [0, 0.1) is 11.8 Å². The highest BCUT2D eigenvalue weighted by Gasteiger charge is 2.23. The van der Waals surface area contributed by atoms with Crippen LogP contribution in [0.1, 0.15) is 47.0 Å². The van der Waals surface area contributed by atoms with Crippen molar-refractivity contribution in [2.24, 2.45) is 11.8 Å². The minimum atomic E-state index is 0.793. The van der Waals surface area contributed by atoms with Gasteiger partial charge < -0.3 is 0 Å². The van der Waals surface area contributed by atoms with Crippen LogP contribution in [-0.4, -0.2) is 0 Å². The third kappa shape index (κ3) is 2.24. The molecule has 1 aliphatic carbocycles. The lowest BCUT2D eigenvalue weighted by molar-refractivity contribution is 0.385. The summed E-state index contributed by atoms with van der Waals surface area (Å²) in [5.41, 5.74) is 3.20. The summed E-state index contributed by atoms with van der Waals surface area (Å²) in [6.07, 6.45) is 8.66. The zero-order chi connectivity index (χ0) is 9.84. The molecule has 1 unspecified atom stereocenters. The van der Waals surface area contributed by atoms with Gasteiger partial charge in [-0.2, -0.15) is 0 Å². The van der Waals surface area contributed by atoms with E-state index in [0.717, 1.165) is 11.8 Å². The first-order valence-corrected chi connectivity index (χ1v) is 5.52. The monoisotopic (exact) mass is 178 g/mol. The van der Waals surface area contributed by atoms with E-state index in [9.17, 15) is 0 Å². The van der Waals surface area contributed by atoms with Crippen LogP contribution in [0.2, 0.25) is 0 Å². The van der Waals surface area contributed by atoms with Crippen molar-refractivity contribution >= 4 is 0 Å². The van der Waals surface area contributed by atoms with Gasteiger partial charge in [0, 0.05) is 0 Å². The molecular formula is C13H22. The molecule has 0 bridgehead atoms. The molecule has 1 aliphatic rings. The highest BCUT2D eigenvalue weighted by atomic mass is 14.3. The Morgan fingerprint density at radius 2 is 1.92 bits per heavy atom. The molecule has 0 radical (unpaired) electrons. The second-order valence-electron chi connectivity index (χ2n) is 4.30. The van der Waals surface area contributed by atoms with E-state index in [1.54, 1.807) is 11.1 Å². The molecule has 0 aromatic rings.